The highest BCUT2D eigenvalue weighted by molar-refractivity contribution is 7.15. The van der Waals surface area contributed by atoms with Gasteiger partial charge in [-0.2, -0.15) is 0 Å². The van der Waals surface area contributed by atoms with Crippen LogP contribution >= 0.6 is 11.3 Å². The second-order valence-corrected chi connectivity index (χ2v) is 6.78. The maximum atomic E-state index is 5.75. The maximum absolute atomic E-state index is 5.75. The summed E-state index contributed by atoms with van der Waals surface area (Å²) in [5, 5.41) is 4.80. The normalized spacial score (nSPS) is 23.3. The molecule has 0 spiro atoms. The standard InChI is InChI=1S/C15H25N3OS/c1-3-12-10-18(7-8-19-12)15-17-13(4-2)14(20-15)9-16-11-5-6-11/h11-12,16H,3-10H2,1-2H3. The molecule has 2 fully saturated rings. The zero-order valence-electron chi connectivity index (χ0n) is 12.5. The predicted octanol–water partition coefficient (Wildman–Crippen LogP) is 2.57. The smallest absolute Gasteiger partial charge is 0.185 e. The van der Waals surface area contributed by atoms with Crippen molar-refractivity contribution >= 4 is 16.5 Å². The van der Waals surface area contributed by atoms with Crippen molar-refractivity contribution in [2.45, 2.75) is 58.2 Å². The van der Waals surface area contributed by atoms with Crippen LogP contribution in [0.5, 0.6) is 0 Å². The maximum Gasteiger partial charge on any atom is 0.185 e. The van der Waals surface area contributed by atoms with Crippen molar-refractivity contribution in [2.75, 3.05) is 24.6 Å². The summed E-state index contributed by atoms with van der Waals surface area (Å²) < 4.78 is 5.75. The fourth-order valence-corrected chi connectivity index (χ4v) is 3.72. The van der Waals surface area contributed by atoms with Gasteiger partial charge in [0.25, 0.3) is 0 Å². The summed E-state index contributed by atoms with van der Waals surface area (Å²) in [6.45, 7) is 8.18. The van der Waals surface area contributed by atoms with Crippen LogP contribution in [0.1, 0.15) is 43.7 Å². The first-order chi connectivity index (χ1) is 9.80. The number of nitrogens with one attached hydrogen (secondary N) is 1. The topological polar surface area (TPSA) is 37.4 Å². The number of hydrogen-bond acceptors (Lipinski definition) is 5. The van der Waals surface area contributed by atoms with Gasteiger partial charge < -0.3 is 15.0 Å². The first-order valence-corrected chi connectivity index (χ1v) is 8.70. The van der Waals surface area contributed by atoms with E-state index in [0.29, 0.717) is 6.10 Å². The molecule has 1 atom stereocenters. The highest BCUT2D eigenvalue weighted by Gasteiger charge is 2.24. The molecular weight excluding hydrogens is 270 g/mol. The van der Waals surface area contributed by atoms with Gasteiger partial charge in [0.1, 0.15) is 0 Å². The number of morpholine rings is 1. The Kier molecular flexibility index (Phi) is 4.58. The number of aromatic nitrogens is 1. The molecule has 1 aromatic rings. The largest absolute Gasteiger partial charge is 0.375 e. The van der Waals surface area contributed by atoms with Crippen LogP contribution < -0.4 is 10.2 Å². The number of thiazole rings is 1. The summed E-state index contributed by atoms with van der Waals surface area (Å²) >= 11 is 1.87. The molecule has 0 aromatic carbocycles. The molecule has 1 aliphatic carbocycles. The van der Waals surface area contributed by atoms with Crippen molar-refractivity contribution in [1.82, 2.24) is 10.3 Å². The minimum atomic E-state index is 0.366. The Morgan fingerprint density at radius 1 is 1.40 bits per heavy atom. The quantitative estimate of drug-likeness (QED) is 0.875. The average Bonchev–Trinajstić information content (AvgIpc) is 3.23. The Labute approximate surface area is 125 Å². The molecule has 2 aliphatic rings. The van der Waals surface area contributed by atoms with E-state index in [0.717, 1.165) is 45.1 Å². The molecule has 5 heteroatoms. The number of anilines is 1. The monoisotopic (exact) mass is 295 g/mol. The predicted molar refractivity (Wildman–Crippen MR) is 83.6 cm³/mol. The molecule has 3 rings (SSSR count). The first kappa shape index (κ1) is 14.3. The highest BCUT2D eigenvalue weighted by Crippen LogP contribution is 2.29. The Morgan fingerprint density at radius 3 is 2.95 bits per heavy atom. The summed E-state index contributed by atoms with van der Waals surface area (Å²) in [6, 6.07) is 0.762. The fraction of sp³-hybridized carbons (Fsp3) is 0.800. The summed E-state index contributed by atoms with van der Waals surface area (Å²) in [7, 11) is 0. The van der Waals surface area contributed by atoms with Crippen LogP contribution in [0.25, 0.3) is 0 Å². The molecule has 20 heavy (non-hydrogen) atoms. The summed E-state index contributed by atoms with van der Waals surface area (Å²) in [5.41, 5.74) is 1.28. The van der Waals surface area contributed by atoms with E-state index < -0.39 is 0 Å². The van der Waals surface area contributed by atoms with Gasteiger partial charge in [-0.05, 0) is 25.7 Å². The average molecular weight is 295 g/mol. The minimum Gasteiger partial charge on any atom is -0.375 e. The van der Waals surface area contributed by atoms with E-state index in [9.17, 15) is 0 Å². The molecule has 4 nitrogen and oxygen atoms in total. The summed E-state index contributed by atoms with van der Waals surface area (Å²) in [6.07, 6.45) is 5.16. The second kappa shape index (κ2) is 6.41. The number of hydrogen-bond donors (Lipinski definition) is 1. The van der Waals surface area contributed by atoms with E-state index in [1.54, 1.807) is 0 Å². The van der Waals surface area contributed by atoms with Crippen LogP contribution in [-0.4, -0.2) is 36.8 Å². The molecule has 1 saturated heterocycles. The van der Waals surface area contributed by atoms with E-state index in [4.69, 9.17) is 9.72 Å². The molecule has 1 unspecified atom stereocenters. The van der Waals surface area contributed by atoms with Gasteiger partial charge in [0.05, 0.1) is 18.4 Å². The fourth-order valence-electron chi connectivity index (χ4n) is 2.58. The molecule has 1 aromatic heterocycles. The third-order valence-corrected chi connectivity index (χ3v) is 5.25. The zero-order chi connectivity index (χ0) is 13.9. The van der Waals surface area contributed by atoms with E-state index in [-0.39, 0.29) is 0 Å². The van der Waals surface area contributed by atoms with Gasteiger partial charge in [-0.25, -0.2) is 4.98 Å². The Morgan fingerprint density at radius 2 is 2.25 bits per heavy atom. The molecular formula is C15H25N3OS. The molecule has 2 heterocycles. The molecule has 1 saturated carbocycles. The lowest BCUT2D eigenvalue weighted by atomic mass is 10.2. The number of nitrogens with zero attached hydrogens (tertiary/aromatic N) is 2. The highest BCUT2D eigenvalue weighted by atomic mass is 32.1. The van der Waals surface area contributed by atoms with Crippen molar-refractivity contribution in [3.8, 4) is 0 Å². The lowest BCUT2D eigenvalue weighted by Crippen LogP contribution is -2.42. The van der Waals surface area contributed by atoms with E-state index in [2.05, 4.69) is 24.1 Å². The van der Waals surface area contributed by atoms with E-state index >= 15 is 0 Å². The molecule has 0 bridgehead atoms. The third-order valence-electron chi connectivity index (χ3n) is 4.10. The van der Waals surface area contributed by atoms with E-state index in [1.807, 2.05) is 11.3 Å². The number of aryl methyl sites for hydroxylation is 1. The zero-order valence-corrected chi connectivity index (χ0v) is 13.3. The van der Waals surface area contributed by atoms with Gasteiger partial charge in [0.15, 0.2) is 5.13 Å². The molecule has 1 N–H and O–H groups in total. The van der Waals surface area contributed by atoms with Gasteiger partial charge in [-0.1, -0.05) is 13.8 Å². The lowest BCUT2D eigenvalue weighted by molar-refractivity contribution is 0.0384. The Bertz CT molecular complexity index is 444. The third kappa shape index (κ3) is 3.32. The van der Waals surface area contributed by atoms with E-state index in [1.165, 1.54) is 28.5 Å². The van der Waals surface area contributed by atoms with Crippen LogP contribution in [-0.2, 0) is 17.7 Å². The van der Waals surface area contributed by atoms with Gasteiger partial charge in [-0.3, -0.25) is 0 Å². The molecule has 0 amide bonds. The van der Waals surface area contributed by atoms with Crippen LogP contribution in [0.3, 0.4) is 0 Å². The van der Waals surface area contributed by atoms with Crippen LogP contribution in [0.2, 0.25) is 0 Å². The molecule has 112 valence electrons. The molecule has 0 radical (unpaired) electrons. The SMILES string of the molecule is CCc1nc(N2CCOC(CC)C2)sc1CNC1CC1. The lowest BCUT2D eigenvalue weighted by Gasteiger charge is -2.32. The Balaban J connectivity index is 1.68. The van der Waals surface area contributed by atoms with Gasteiger partial charge in [0, 0.05) is 30.6 Å². The van der Waals surface area contributed by atoms with Gasteiger partial charge >= 0.3 is 0 Å². The van der Waals surface area contributed by atoms with Crippen molar-refractivity contribution < 1.29 is 4.74 Å². The molecule has 1 aliphatic heterocycles. The summed E-state index contributed by atoms with van der Waals surface area (Å²) in [5.74, 6) is 0. The number of ether oxygens (including phenoxy) is 1. The van der Waals surface area contributed by atoms with Crippen molar-refractivity contribution in [3.63, 3.8) is 0 Å². The van der Waals surface area contributed by atoms with Crippen LogP contribution in [0.15, 0.2) is 0 Å². The van der Waals surface area contributed by atoms with Gasteiger partial charge in [-0.15, -0.1) is 11.3 Å². The van der Waals surface area contributed by atoms with Crippen LogP contribution in [0, 0.1) is 0 Å². The first-order valence-electron chi connectivity index (χ1n) is 7.88. The van der Waals surface area contributed by atoms with Crippen LogP contribution in [0.4, 0.5) is 5.13 Å². The van der Waals surface area contributed by atoms with Crippen molar-refractivity contribution in [1.29, 1.82) is 0 Å². The summed E-state index contributed by atoms with van der Waals surface area (Å²) in [4.78, 5) is 8.70. The van der Waals surface area contributed by atoms with Crippen molar-refractivity contribution in [3.05, 3.63) is 10.6 Å². The number of rotatable bonds is 6. The second-order valence-electron chi connectivity index (χ2n) is 5.72. The minimum absolute atomic E-state index is 0.366. The Hall–Kier alpha value is -0.650. The van der Waals surface area contributed by atoms with Crippen molar-refractivity contribution in [2.24, 2.45) is 0 Å². The van der Waals surface area contributed by atoms with Gasteiger partial charge in [0.2, 0.25) is 0 Å².